The number of ether oxygens (including phenoxy) is 4. The van der Waals surface area contributed by atoms with E-state index in [1.165, 1.54) is 250 Å². The summed E-state index contributed by atoms with van der Waals surface area (Å²) in [5.74, 6) is -0.234. The lowest BCUT2D eigenvalue weighted by Crippen LogP contribution is -2.65. The highest BCUT2D eigenvalue weighted by Crippen LogP contribution is 2.30. The Hall–Kier alpha value is -1.27. The molecule has 0 saturated carbocycles. The average Bonchev–Trinajstić information content (AvgIpc) is 3.54. The summed E-state index contributed by atoms with van der Waals surface area (Å²) in [6, 6.07) is -0.909. The van der Waals surface area contributed by atoms with Crippen molar-refractivity contribution in [2.75, 3.05) is 19.8 Å². The number of allylic oxidation sites excluding steroid dienone is 1. The number of aliphatic hydroxyl groups is 8. The molecule has 9 N–H and O–H groups in total. The Morgan fingerprint density at radius 1 is 0.432 bits per heavy atom. The molecule has 14 heteroatoms. The Morgan fingerprint density at radius 2 is 0.765 bits per heavy atom. The predicted octanol–water partition coefficient (Wildman–Crippen LogP) is 13.4. The standard InChI is InChI=1S/C67H129NO13/c1-3-5-7-9-11-13-15-16-17-18-19-20-21-22-23-24-25-26-27-28-29-30-31-32-33-34-35-36-37-38-39-41-43-45-47-49-51-59(72)68-55(56(71)50-48-46-44-42-40-14-12-10-8-6-4-2)54-78-66-64(77)62(75)65(58(53-70)80-66)81-67-63(76)61(74)60(73)57(52-69)79-67/h48,50,55-58,60-67,69-71,73-77H,3-47,49,51-54H2,1-2H3,(H,68,72)/b50-48+/t55-,56+,57+,58+,60-,61?,62?,63?,64?,65+,66+,67-/m0/s1. The second-order valence-electron chi connectivity index (χ2n) is 24.7. The van der Waals surface area contributed by atoms with Crippen molar-refractivity contribution in [3.05, 3.63) is 12.2 Å². The smallest absolute Gasteiger partial charge is 0.220 e. The zero-order valence-corrected chi connectivity index (χ0v) is 52.1. The molecule has 2 aliphatic heterocycles. The molecule has 2 fully saturated rings. The SMILES string of the molecule is CCCCCCCCCCC/C=C/[C@@H](O)[C@H](CO[C@@H]1O[C@H](CO)[C@@H](O[C@@H]2O[C@H](CO)[C@H](O)C(O)C2O)C(O)C1O)NC(=O)CCCCCCCCCCCCCCCCCCCCCCCCCCCCCCCCCCCCCC. The number of carbonyl (C=O) groups excluding carboxylic acids is 1. The number of unbranched alkanes of at least 4 members (excludes halogenated alkanes) is 44. The first-order valence-electron chi connectivity index (χ1n) is 34.4. The van der Waals surface area contributed by atoms with E-state index in [4.69, 9.17) is 18.9 Å². The molecule has 81 heavy (non-hydrogen) atoms. The summed E-state index contributed by atoms with van der Waals surface area (Å²) in [4.78, 5) is 13.3. The summed E-state index contributed by atoms with van der Waals surface area (Å²) in [5, 5.41) is 87.0. The minimum Gasteiger partial charge on any atom is -0.394 e. The Morgan fingerprint density at radius 3 is 1.14 bits per heavy atom. The van der Waals surface area contributed by atoms with Crippen molar-refractivity contribution < 1.29 is 64.6 Å². The Kier molecular flexibility index (Phi) is 49.6. The van der Waals surface area contributed by atoms with Gasteiger partial charge in [0, 0.05) is 6.42 Å². The summed E-state index contributed by atoms with van der Waals surface area (Å²) in [6.45, 7) is 2.82. The monoisotopic (exact) mass is 1160 g/mol. The molecule has 2 heterocycles. The summed E-state index contributed by atoms with van der Waals surface area (Å²) in [6.07, 6.45) is 47.4. The Labute approximate surface area is 495 Å². The molecule has 2 rings (SSSR count). The molecule has 4 unspecified atom stereocenters. The fourth-order valence-electron chi connectivity index (χ4n) is 11.7. The summed E-state index contributed by atoms with van der Waals surface area (Å²) < 4.78 is 22.8. The summed E-state index contributed by atoms with van der Waals surface area (Å²) in [5.41, 5.74) is 0. The molecule has 0 aromatic rings. The van der Waals surface area contributed by atoms with Crippen LogP contribution in [0.25, 0.3) is 0 Å². The molecule has 0 aromatic heterocycles. The number of hydrogen-bond acceptors (Lipinski definition) is 13. The normalized spacial score (nSPS) is 24.1. The molecule has 1 amide bonds. The first-order valence-corrected chi connectivity index (χ1v) is 34.4. The lowest BCUT2D eigenvalue weighted by atomic mass is 9.97. The minimum absolute atomic E-state index is 0.234. The van der Waals surface area contributed by atoms with E-state index >= 15 is 0 Å². The van der Waals surface area contributed by atoms with E-state index in [1.54, 1.807) is 6.08 Å². The highest BCUT2D eigenvalue weighted by atomic mass is 16.7. The van der Waals surface area contributed by atoms with Crippen LogP contribution < -0.4 is 5.32 Å². The van der Waals surface area contributed by atoms with E-state index in [2.05, 4.69) is 19.2 Å². The van der Waals surface area contributed by atoms with E-state index in [1.807, 2.05) is 6.08 Å². The van der Waals surface area contributed by atoms with E-state index in [-0.39, 0.29) is 18.9 Å². The number of carbonyl (C=O) groups is 1. The van der Waals surface area contributed by atoms with Crippen LogP contribution in [0.5, 0.6) is 0 Å². The van der Waals surface area contributed by atoms with Gasteiger partial charge in [-0.1, -0.05) is 302 Å². The van der Waals surface area contributed by atoms with Gasteiger partial charge < -0.3 is 65.1 Å². The maximum absolute atomic E-state index is 13.3. The fraction of sp³-hybridized carbons (Fsp3) is 0.955. The van der Waals surface area contributed by atoms with Gasteiger partial charge in [-0.25, -0.2) is 0 Å². The van der Waals surface area contributed by atoms with Crippen molar-refractivity contribution in [2.45, 2.75) is 389 Å². The third-order valence-corrected chi connectivity index (χ3v) is 17.2. The van der Waals surface area contributed by atoms with Gasteiger partial charge in [0.1, 0.15) is 48.8 Å². The predicted molar refractivity (Wildman–Crippen MR) is 328 cm³/mol. The second kappa shape index (κ2) is 53.0. The van der Waals surface area contributed by atoms with Gasteiger partial charge in [-0.15, -0.1) is 0 Å². The quantitative estimate of drug-likeness (QED) is 0.0204. The topological polar surface area (TPSA) is 228 Å². The lowest BCUT2D eigenvalue weighted by molar-refractivity contribution is -0.359. The highest BCUT2D eigenvalue weighted by molar-refractivity contribution is 5.76. The number of rotatable bonds is 57. The van der Waals surface area contributed by atoms with Gasteiger partial charge in [0.05, 0.1) is 32.0 Å². The summed E-state index contributed by atoms with van der Waals surface area (Å²) >= 11 is 0. The third-order valence-electron chi connectivity index (χ3n) is 17.2. The highest BCUT2D eigenvalue weighted by Gasteiger charge is 2.51. The molecule has 2 aliphatic rings. The Bertz CT molecular complexity index is 1410. The molecule has 0 aliphatic carbocycles. The molecular formula is C67H129NO13. The second-order valence-corrected chi connectivity index (χ2v) is 24.7. The summed E-state index contributed by atoms with van der Waals surface area (Å²) in [7, 11) is 0. The van der Waals surface area contributed by atoms with Gasteiger partial charge in [-0.2, -0.15) is 0 Å². The van der Waals surface area contributed by atoms with E-state index in [0.29, 0.717) is 6.42 Å². The van der Waals surface area contributed by atoms with Crippen LogP contribution >= 0.6 is 0 Å². The molecule has 480 valence electrons. The van der Waals surface area contributed by atoms with E-state index < -0.39 is 86.8 Å². The van der Waals surface area contributed by atoms with Gasteiger partial charge in [0.25, 0.3) is 0 Å². The van der Waals surface area contributed by atoms with Gasteiger partial charge >= 0.3 is 0 Å². The molecule has 14 nitrogen and oxygen atoms in total. The number of nitrogens with one attached hydrogen (secondary N) is 1. The van der Waals surface area contributed by atoms with Crippen LogP contribution in [0.1, 0.15) is 316 Å². The molecule has 12 atom stereocenters. The maximum atomic E-state index is 13.3. The van der Waals surface area contributed by atoms with Gasteiger partial charge in [-0.3, -0.25) is 4.79 Å². The zero-order chi connectivity index (χ0) is 58.8. The van der Waals surface area contributed by atoms with Crippen molar-refractivity contribution in [2.24, 2.45) is 0 Å². The first kappa shape index (κ1) is 75.8. The van der Waals surface area contributed by atoms with Crippen LogP contribution in [0.15, 0.2) is 12.2 Å². The van der Waals surface area contributed by atoms with E-state index in [9.17, 15) is 45.6 Å². The van der Waals surface area contributed by atoms with Crippen molar-refractivity contribution in [3.63, 3.8) is 0 Å². The van der Waals surface area contributed by atoms with Gasteiger partial charge in [0.15, 0.2) is 12.6 Å². The average molecular weight is 1160 g/mol. The number of aliphatic hydroxyl groups excluding tert-OH is 8. The molecule has 0 spiro atoms. The minimum atomic E-state index is -1.79. The lowest BCUT2D eigenvalue weighted by Gasteiger charge is -2.46. The maximum Gasteiger partial charge on any atom is 0.220 e. The van der Waals surface area contributed by atoms with Crippen LogP contribution in [0.3, 0.4) is 0 Å². The van der Waals surface area contributed by atoms with Crippen LogP contribution in [-0.2, 0) is 23.7 Å². The molecule has 0 radical (unpaired) electrons. The fourth-order valence-corrected chi connectivity index (χ4v) is 11.7. The van der Waals surface area contributed by atoms with Crippen LogP contribution in [0, 0.1) is 0 Å². The number of amides is 1. The van der Waals surface area contributed by atoms with Crippen molar-refractivity contribution in [1.82, 2.24) is 5.32 Å². The van der Waals surface area contributed by atoms with Crippen LogP contribution in [0.4, 0.5) is 0 Å². The zero-order valence-electron chi connectivity index (χ0n) is 52.1. The first-order chi connectivity index (χ1) is 39.6. The molecule has 2 saturated heterocycles. The van der Waals surface area contributed by atoms with E-state index in [0.717, 1.165) is 38.5 Å². The molecular weight excluding hydrogens is 1030 g/mol. The third kappa shape index (κ3) is 37.8. The number of hydrogen-bond donors (Lipinski definition) is 9. The van der Waals surface area contributed by atoms with Crippen LogP contribution in [-0.4, -0.2) is 140 Å². The van der Waals surface area contributed by atoms with Crippen molar-refractivity contribution >= 4 is 5.91 Å². The Balaban J connectivity index is 1.55. The van der Waals surface area contributed by atoms with Crippen molar-refractivity contribution in [3.8, 4) is 0 Å². The van der Waals surface area contributed by atoms with Gasteiger partial charge in [0.2, 0.25) is 5.91 Å². The molecule has 0 bridgehead atoms. The van der Waals surface area contributed by atoms with Gasteiger partial charge in [-0.05, 0) is 19.3 Å². The van der Waals surface area contributed by atoms with Crippen molar-refractivity contribution in [1.29, 1.82) is 0 Å². The molecule has 0 aromatic carbocycles. The largest absolute Gasteiger partial charge is 0.394 e. The van der Waals surface area contributed by atoms with Crippen LogP contribution in [0.2, 0.25) is 0 Å².